The van der Waals surface area contributed by atoms with Gasteiger partial charge in [-0.1, -0.05) is 54.1 Å². The Morgan fingerprint density at radius 3 is 2.68 bits per heavy atom. The highest BCUT2D eigenvalue weighted by Crippen LogP contribution is 2.37. The summed E-state index contributed by atoms with van der Waals surface area (Å²) in [6.07, 6.45) is 1.44. The van der Waals surface area contributed by atoms with Gasteiger partial charge in [0.2, 0.25) is 11.8 Å². The van der Waals surface area contributed by atoms with Crippen LogP contribution in [-0.2, 0) is 20.7 Å². The molecule has 1 saturated heterocycles. The molecule has 2 amide bonds. The second kappa shape index (κ2) is 8.57. The molecule has 0 unspecified atom stereocenters. The third kappa shape index (κ3) is 4.25. The Morgan fingerprint density at radius 2 is 1.96 bits per heavy atom. The molecule has 28 heavy (non-hydrogen) atoms. The number of hydrogen-bond acceptors (Lipinski definition) is 3. The molecule has 0 aromatic heterocycles. The van der Waals surface area contributed by atoms with Crippen molar-refractivity contribution in [1.82, 2.24) is 4.90 Å². The monoisotopic (exact) mass is 380 g/mol. The van der Waals surface area contributed by atoms with Crippen LogP contribution in [0.3, 0.4) is 0 Å². The minimum absolute atomic E-state index is 0.0111. The highest BCUT2D eigenvalue weighted by atomic mass is 16.5. The van der Waals surface area contributed by atoms with Crippen molar-refractivity contribution in [2.24, 2.45) is 11.1 Å². The molecule has 0 radical (unpaired) electrons. The SMILES string of the molecule is COCCC(=O)N1CC[C@@](Cc2ccccc2-c2cccc(C)c2)(C(N)=O)C1. The first kappa shape index (κ1) is 20.1. The third-order valence-electron chi connectivity index (χ3n) is 5.62. The smallest absolute Gasteiger partial charge is 0.225 e. The summed E-state index contributed by atoms with van der Waals surface area (Å²) in [5.41, 5.74) is 9.62. The number of carbonyl (C=O) groups is 2. The molecule has 5 heteroatoms. The lowest BCUT2D eigenvalue weighted by molar-refractivity contribution is -0.132. The van der Waals surface area contributed by atoms with Crippen molar-refractivity contribution in [3.8, 4) is 11.1 Å². The summed E-state index contributed by atoms with van der Waals surface area (Å²) in [5, 5.41) is 0. The fourth-order valence-corrected chi connectivity index (χ4v) is 4.00. The molecule has 1 aliphatic rings. The molecule has 2 N–H and O–H groups in total. The molecule has 2 aromatic rings. The van der Waals surface area contributed by atoms with Crippen molar-refractivity contribution in [2.45, 2.75) is 26.2 Å². The lowest BCUT2D eigenvalue weighted by Gasteiger charge is -2.27. The quantitative estimate of drug-likeness (QED) is 0.803. The molecule has 0 spiro atoms. The van der Waals surface area contributed by atoms with E-state index in [0.29, 0.717) is 39.0 Å². The Hall–Kier alpha value is -2.66. The first-order valence-electron chi connectivity index (χ1n) is 9.67. The average molecular weight is 380 g/mol. The van der Waals surface area contributed by atoms with Crippen LogP contribution in [0.4, 0.5) is 0 Å². The number of carbonyl (C=O) groups excluding carboxylic acids is 2. The van der Waals surface area contributed by atoms with E-state index in [2.05, 4.69) is 37.3 Å². The van der Waals surface area contributed by atoms with E-state index in [1.165, 1.54) is 5.56 Å². The fraction of sp³-hybridized carbons (Fsp3) is 0.391. The molecular weight excluding hydrogens is 352 g/mol. The molecule has 0 aliphatic carbocycles. The Kier molecular flexibility index (Phi) is 6.15. The zero-order valence-corrected chi connectivity index (χ0v) is 16.6. The number of primary amides is 1. The van der Waals surface area contributed by atoms with Crippen LogP contribution in [0, 0.1) is 12.3 Å². The van der Waals surface area contributed by atoms with E-state index in [0.717, 1.165) is 16.7 Å². The second-order valence-electron chi connectivity index (χ2n) is 7.66. The largest absolute Gasteiger partial charge is 0.384 e. The number of likely N-dealkylation sites (tertiary alicyclic amines) is 1. The molecule has 1 aliphatic heterocycles. The fourth-order valence-electron chi connectivity index (χ4n) is 4.00. The van der Waals surface area contributed by atoms with Crippen LogP contribution in [0.5, 0.6) is 0 Å². The van der Waals surface area contributed by atoms with Crippen molar-refractivity contribution in [3.63, 3.8) is 0 Å². The number of nitrogens with two attached hydrogens (primary N) is 1. The lowest BCUT2D eigenvalue weighted by Crippen LogP contribution is -2.42. The Bertz CT molecular complexity index is 864. The summed E-state index contributed by atoms with van der Waals surface area (Å²) in [5.74, 6) is -0.328. The third-order valence-corrected chi connectivity index (χ3v) is 5.62. The van der Waals surface area contributed by atoms with Crippen molar-refractivity contribution in [2.75, 3.05) is 26.8 Å². The number of benzene rings is 2. The highest BCUT2D eigenvalue weighted by molar-refractivity contribution is 5.85. The van der Waals surface area contributed by atoms with E-state index in [4.69, 9.17) is 10.5 Å². The van der Waals surface area contributed by atoms with Gasteiger partial charge >= 0.3 is 0 Å². The molecule has 5 nitrogen and oxygen atoms in total. The topological polar surface area (TPSA) is 72.6 Å². The normalized spacial score (nSPS) is 19.0. The van der Waals surface area contributed by atoms with Gasteiger partial charge in [-0.25, -0.2) is 0 Å². The zero-order valence-electron chi connectivity index (χ0n) is 16.6. The minimum Gasteiger partial charge on any atom is -0.384 e. The van der Waals surface area contributed by atoms with E-state index < -0.39 is 5.41 Å². The lowest BCUT2D eigenvalue weighted by atomic mass is 9.78. The van der Waals surface area contributed by atoms with Crippen LogP contribution < -0.4 is 5.73 Å². The summed E-state index contributed by atoms with van der Waals surface area (Å²) < 4.78 is 5.00. The Labute approximate surface area is 166 Å². The number of amides is 2. The predicted molar refractivity (Wildman–Crippen MR) is 110 cm³/mol. The summed E-state index contributed by atoms with van der Waals surface area (Å²) in [4.78, 5) is 26.6. The van der Waals surface area contributed by atoms with Crippen molar-refractivity contribution in [1.29, 1.82) is 0 Å². The molecule has 0 bridgehead atoms. The van der Waals surface area contributed by atoms with E-state index in [1.807, 2.05) is 18.2 Å². The van der Waals surface area contributed by atoms with Gasteiger partial charge in [0.25, 0.3) is 0 Å². The Balaban J connectivity index is 1.87. The molecule has 1 fully saturated rings. The number of hydrogen-bond donors (Lipinski definition) is 1. The van der Waals surface area contributed by atoms with Gasteiger partial charge in [-0.15, -0.1) is 0 Å². The van der Waals surface area contributed by atoms with E-state index in [1.54, 1.807) is 12.0 Å². The molecule has 1 heterocycles. The van der Waals surface area contributed by atoms with Gasteiger partial charge in [0.1, 0.15) is 0 Å². The van der Waals surface area contributed by atoms with Gasteiger partial charge < -0.3 is 15.4 Å². The zero-order chi connectivity index (χ0) is 20.1. The number of nitrogens with zero attached hydrogens (tertiary/aromatic N) is 1. The summed E-state index contributed by atoms with van der Waals surface area (Å²) in [6, 6.07) is 16.5. The Morgan fingerprint density at radius 1 is 1.18 bits per heavy atom. The van der Waals surface area contributed by atoms with Crippen molar-refractivity contribution >= 4 is 11.8 Å². The maximum Gasteiger partial charge on any atom is 0.225 e. The maximum atomic E-state index is 12.5. The van der Waals surface area contributed by atoms with Crippen LogP contribution in [0.1, 0.15) is 24.0 Å². The van der Waals surface area contributed by atoms with Gasteiger partial charge in [-0.05, 0) is 36.5 Å². The molecule has 0 saturated carbocycles. The highest BCUT2D eigenvalue weighted by Gasteiger charge is 2.44. The van der Waals surface area contributed by atoms with Gasteiger partial charge in [-0.3, -0.25) is 9.59 Å². The average Bonchev–Trinajstić information content (AvgIpc) is 3.12. The second-order valence-corrected chi connectivity index (χ2v) is 7.66. The molecule has 3 rings (SSSR count). The summed E-state index contributed by atoms with van der Waals surface area (Å²) >= 11 is 0. The predicted octanol–water partition coefficient (Wildman–Crippen LogP) is 2.95. The van der Waals surface area contributed by atoms with Gasteiger partial charge in [0, 0.05) is 20.2 Å². The number of methoxy groups -OCH3 is 1. The van der Waals surface area contributed by atoms with E-state index in [-0.39, 0.29) is 11.8 Å². The molecule has 148 valence electrons. The van der Waals surface area contributed by atoms with Crippen LogP contribution in [-0.4, -0.2) is 43.5 Å². The van der Waals surface area contributed by atoms with Crippen LogP contribution in [0.15, 0.2) is 48.5 Å². The van der Waals surface area contributed by atoms with Crippen LogP contribution in [0.25, 0.3) is 11.1 Å². The maximum absolute atomic E-state index is 12.5. The van der Waals surface area contributed by atoms with Crippen molar-refractivity contribution < 1.29 is 14.3 Å². The van der Waals surface area contributed by atoms with Gasteiger partial charge in [-0.2, -0.15) is 0 Å². The van der Waals surface area contributed by atoms with Crippen LogP contribution >= 0.6 is 0 Å². The molecular formula is C23H28N2O3. The molecule has 1 atom stereocenters. The van der Waals surface area contributed by atoms with E-state index >= 15 is 0 Å². The minimum atomic E-state index is -0.733. The van der Waals surface area contributed by atoms with Gasteiger partial charge in [0.05, 0.1) is 18.4 Å². The van der Waals surface area contributed by atoms with E-state index in [9.17, 15) is 9.59 Å². The number of ether oxygens (including phenoxy) is 1. The first-order chi connectivity index (χ1) is 13.4. The van der Waals surface area contributed by atoms with Gasteiger partial charge in [0.15, 0.2) is 0 Å². The van der Waals surface area contributed by atoms with Crippen molar-refractivity contribution in [3.05, 3.63) is 59.7 Å². The van der Waals surface area contributed by atoms with Crippen LogP contribution in [0.2, 0.25) is 0 Å². The summed E-state index contributed by atoms with van der Waals surface area (Å²) in [7, 11) is 1.58. The molecule has 2 aromatic carbocycles. The number of rotatable bonds is 7. The standard InChI is InChI=1S/C23H28N2O3/c1-17-6-5-8-18(14-17)20-9-4-3-7-19(20)15-23(22(24)27)11-12-25(16-23)21(26)10-13-28-2/h3-9,14H,10-13,15-16H2,1-2H3,(H2,24,27)/t23-/m0/s1. The summed E-state index contributed by atoms with van der Waals surface area (Å²) in [6.45, 7) is 3.37. The number of aryl methyl sites for hydroxylation is 1. The first-order valence-corrected chi connectivity index (χ1v) is 9.67.